The number of likely N-dealkylation sites (tertiary alicyclic amines) is 1. The normalized spacial score (nSPS) is 16.9. The molecule has 0 radical (unpaired) electrons. The molecule has 1 aromatic carbocycles. The Morgan fingerprint density at radius 1 is 0.718 bits per heavy atom. The average Bonchev–Trinajstić information content (AvgIpc) is 3.79. The number of aliphatic carboxylic acids is 2. The molecule has 1 fully saturated rings. The van der Waals surface area contributed by atoms with Crippen LogP contribution in [0.4, 0.5) is 0 Å². The number of carboxylic acids is 2. The van der Waals surface area contributed by atoms with Crippen molar-refractivity contribution < 1.29 is 63.3 Å². The van der Waals surface area contributed by atoms with Crippen LogP contribution in [0.2, 0.25) is 0 Å². The van der Waals surface area contributed by atoms with Gasteiger partial charge in [0.2, 0.25) is 47.3 Å². The summed E-state index contributed by atoms with van der Waals surface area (Å²) in [5.74, 6) is -9.05. The molecule has 0 unspecified atom stereocenters. The number of nitrogens with one attached hydrogen (secondary N) is 7. The number of hydrogen-bond donors (Lipinski definition) is 11. The van der Waals surface area contributed by atoms with E-state index in [1.807, 2.05) is 20.8 Å². The minimum Gasteiger partial charge on any atom is -0.508 e. The summed E-state index contributed by atoms with van der Waals surface area (Å²) in [7, 11) is 0. The van der Waals surface area contributed by atoms with Gasteiger partial charge in [-0.3, -0.25) is 43.2 Å². The number of phenols is 1. The molecule has 23 heteroatoms. The Bertz CT molecular complexity index is 2000. The molecule has 9 atom stereocenters. The van der Waals surface area contributed by atoms with Crippen LogP contribution in [-0.4, -0.2) is 153 Å². The topological polar surface area (TPSA) is 345 Å². The molecule has 8 amide bonds. The van der Waals surface area contributed by atoms with Gasteiger partial charge in [-0.1, -0.05) is 73.9 Å². The Balaban J connectivity index is 2.33. The molecule has 1 aliphatic rings. The molecule has 1 heterocycles. The molecule has 1 aliphatic heterocycles. The van der Waals surface area contributed by atoms with Crippen LogP contribution in [0.1, 0.15) is 106 Å². The lowest BCUT2D eigenvalue weighted by Crippen LogP contribution is -2.60. The number of amides is 8. The van der Waals surface area contributed by atoms with E-state index in [1.165, 1.54) is 28.8 Å². The van der Waals surface area contributed by atoms with Gasteiger partial charge in [-0.05, 0) is 85.5 Å². The maximum absolute atomic E-state index is 14.5. The molecule has 12 N–H and O–H groups in total. The Hall–Kier alpha value is -5.97. The van der Waals surface area contributed by atoms with Crippen molar-refractivity contribution in [1.29, 1.82) is 0 Å². The standard InChI is InChI=1S/C48H77N9O13S/c1-10-28(8)40(47(68)57-18-11-12-36(57)46(67)54-34(21-26(4)5)44(65)55-39(27(6)7)48(69)70)56-45(66)35(22-29-13-15-30(58)16-14-29)51-37(59)24-50-42(63)32(17-19-71-9)52-43(64)33(20-25(2)3)53-41(62)31(49)23-38(60)61/h13-16,25-28,31-36,39-40,58H,10-12,17-24,49H2,1-9H3,(H,50,63)(H,51,59)(H,52,64)(H,53,62)(H,54,67)(H,55,65)(H,56,66)(H,60,61)(H,69,70)/t28-,31-,32-,33-,34-,35-,36-,39-,40-/m0/s1. The summed E-state index contributed by atoms with van der Waals surface area (Å²) in [5, 5.41) is 47.0. The van der Waals surface area contributed by atoms with E-state index >= 15 is 0 Å². The lowest BCUT2D eigenvalue weighted by molar-refractivity contribution is -0.145. The summed E-state index contributed by atoms with van der Waals surface area (Å²) in [6.07, 6.45) is 2.55. The van der Waals surface area contributed by atoms with Crippen LogP contribution in [0.5, 0.6) is 5.75 Å². The molecule has 22 nitrogen and oxygen atoms in total. The van der Waals surface area contributed by atoms with Gasteiger partial charge < -0.3 is 63.2 Å². The van der Waals surface area contributed by atoms with E-state index in [9.17, 15) is 58.2 Å². The predicted molar refractivity (Wildman–Crippen MR) is 265 cm³/mol. The molecule has 2 rings (SSSR count). The second-order valence-electron chi connectivity index (χ2n) is 19.3. The predicted octanol–water partition coefficient (Wildman–Crippen LogP) is 0.385. The van der Waals surface area contributed by atoms with Crippen LogP contribution in [-0.2, 0) is 54.4 Å². The van der Waals surface area contributed by atoms with E-state index < -0.39 is 132 Å². The van der Waals surface area contributed by atoms with Gasteiger partial charge in [-0.25, -0.2) is 4.79 Å². The lowest BCUT2D eigenvalue weighted by atomic mass is 9.96. The molecule has 1 aromatic rings. The minimum absolute atomic E-state index is 0.0490. The monoisotopic (exact) mass is 1020 g/mol. The average molecular weight is 1020 g/mol. The third-order valence-electron chi connectivity index (χ3n) is 12.0. The number of aromatic hydroxyl groups is 1. The van der Waals surface area contributed by atoms with E-state index in [-0.39, 0.29) is 56.2 Å². The lowest BCUT2D eigenvalue weighted by Gasteiger charge is -2.33. The van der Waals surface area contributed by atoms with E-state index in [1.54, 1.807) is 53.0 Å². The smallest absolute Gasteiger partial charge is 0.326 e. The van der Waals surface area contributed by atoms with Gasteiger partial charge in [0.1, 0.15) is 48.0 Å². The first-order valence-electron chi connectivity index (χ1n) is 24.2. The maximum Gasteiger partial charge on any atom is 0.326 e. The second-order valence-corrected chi connectivity index (χ2v) is 20.3. The number of carboxylic acid groups (broad SMARTS) is 2. The van der Waals surface area contributed by atoms with Crippen LogP contribution in [0.15, 0.2) is 24.3 Å². The Kier molecular flexibility index (Phi) is 25.9. The zero-order valence-electron chi connectivity index (χ0n) is 42.4. The summed E-state index contributed by atoms with van der Waals surface area (Å²) in [6, 6.07) is -3.73. The van der Waals surface area contributed by atoms with Crippen LogP contribution < -0.4 is 43.0 Å². The van der Waals surface area contributed by atoms with Gasteiger partial charge in [0.15, 0.2) is 0 Å². The van der Waals surface area contributed by atoms with Gasteiger partial charge in [0.25, 0.3) is 0 Å². The number of nitrogens with two attached hydrogens (primary N) is 1. The fourth-order valence-corrected chi connectivity index (χ4v) is 8.28. The van der Waals surface area contributed by atoms with Crippen LogP contribution in [0.25, 0.3) is 0 Å². The SMILES string of the molecule is CC[C@H](C)[C@H](NC(=O)[C@H](Cc1ccc(O)cc1)NC(=O)CNC(=O)[C@H](CCSC)NC(=O)[C@H](CC(C)C)NC(=O)[C@@H](N)CC(=O)O)C(=O)N1CCC[C@H]1C(=O)N[C@@H](CC(C)C)C(=O)N[C@H](C(=O)O)C(C)C. The second kappa shape index (κ2) is 30.0. The number of carbonyl (C=O) groups is 10. The highest BCUT2D eigenvalue weighted by atomic mass is 32.2. The van der Waals surface area contributed by atoms with E-state index in [0.29, 0.717) is 24.2 Å². The highest BCUT2D eigenvalue weighted by Crippen LogP contribution is 2.23. The van der Waals surface area contributed by atoms with Crippen molar-refractivity contribution in [2.45, 2.75) is 155 Å². The zero-order chi connectivity index (χ0) is 53.7. The molecule has 0 spiro atoms. The number of nitrogens with zero attached hydrogens (tertiary/aromatic N) is 1. The summed E-state index contributed by atoms with van der Waals surface area (Å²) in [4.78, 5) is 134. The van der Waals surface area contributed by atoms with Crippen molar-refractivity contribution in [2.24, 2.45) is 29.4 Å². The first kappa shape index (κ1) is 61.2. The summed E-state index contributed by atoms with van der Waals surface area (Å²) in [6.45, 7) is 13.6. The number of thioether (sulfide) groups is 1. The molecule has 1 saturated heterocycles. The van der Waals surface area contributed by atoms with Gasteiger partial charge in [-0.15, -0.1) is 0 Å². The quantitative estimate of drug-likeness (QED) is 0.0497. The highest BCUT2D eigenvalue weighted by Gasteiger charge is 2.41. The number of benzene rings is 1. The fourth-order valence-electron chi connectivity index (χ4n) is 7.81. The first-order chi connectivity index (χ1) is 33.3. The third kappa shape index (κ3) is 20.7. The first-order valence-corrected chi connectivity index (χ1v) is 25.6. The van der Waals surface area contributed by atoms with Crippen molar-refractivity contribution in [3.63, 3.8) is 0 Å². The largest absolute Gasteiger partial charge is 0.508 e. The maximum atomic E-state index is 14.5. The van der Waals surface area contributed by atoms with Crippen LogP contribution in [0, 0.1) is 23.7 Å². The van der Waals surface area contributed by atoms with Gasteiger partial charge in [0.05, 0.1) is 19.0 Å². The molecule has 0 bridgehead atoms. The van der Waals surface area contributed by atoms with Gasteiger partial charge in [0, 0.05) is 13.0 Å². The van der Waals surface area contributed by atoms with Crippen LogP contribution in [0.3, 0.4) is 0 Å². The molecule has 398 valence electrons. The Morgan fingerprint density at radius 3 is 1.80 bits per heavy atom. The Morgan fingerprint density at radius 2 is 1.27 bits per heavy atom. The number of rotatable bonds is 30. The number of hydrogen-bond acceptors (Lipinski definition) is 13. The third-order valence-corrected chi connectivity index (χ3v) is 12.6. The highest BCUT2D eigenvalue weighted by molar-refractivity contribution is 7.98. The van der Waals surface area contributed by atoms with Crippen LogP contribution >= 0.6 is 11.8 Å². The van der Waals surface area contributed by atoms with Crippen molar-refractivity contribution in [3.05, 3.63) is 29.8 Å². The minimum atomic E-state index is -1.43. The zero-order valence-corrected chi connectivity index (χ0v) is 43.2. The summed E-state index contributed by atoms with van der Waals surface area (Å²) < 4.78 is 0. The van der Waals surface area contributed by atoms with E-state index in [0.717, 1.165) is 0 Å². The number of phenolic OH excluding ortho intramolecular Hbond substituents is 1. The summed E-state index contributed by atoms with van der Waals surface area (Å²) in [5.41, 5.74) is 6.24. The Labute approximate surface area is 420 Å². The van der Waals surface area contributed by atoms with Crippen molar-refractivity contribution in [2.75, 3.05) is 25.1 Å². The van der Waals surface area contributed by atoms with Crippen molar-refractivity contribution >= 4 is 71.0 Å². The molecule has 0 saturated carbocycles. The molecule has 0 aromatic heterocycles. The molecular weight excluding hydrogens is 943 g/mol. The number of carbonyl (C=O) groups excluding carboxylic acids is 8. The van der Waals surface area contributed by atoms with Gasteiger partial charge >= 0.3 is 11.9 Å². The molecule has 71 heavy (non-hydrogen) atoms. The van der Waals surface area contributed by atoms with E-state index in [2.05, 4.69) is 37.2 Å². The van der Waals surface area contributed by atoms with Gasteiger partial charge in [-0.2, -0.15) is 11.8 Å². The van der Waals surface area contributed by atoms with Crippen molar-refractivity contribution in [3.8, 4) is 5.75 Å². The van der Waals surface area contributed by atoms with E-state index in [4.69, 9.17) is 10.8 Å². The molecular formula is C48H77N9O13S. The molecule has 0 aliphatic carbocycles. The fraction of sp³-hybridized carbons (Fsp3) is 0.667. The van der Waals surface area contributed by atoms with Crippen molar-refractivity contribution in [1.82, 2.24) is 42.1 Å². The summed E-state index contributed by atoms with van der Waals surface area (Å²) >= 11 is 1.39.